The smallest absolute Gasteiger partial charge is 0.250 e. The lowest BCUT2D eigenvalue weighted by atomic mass is 10.2. The maximum absolute atomic E-state index is 11.9. The van der Waals surface area contributed by atoms with Crippen molar-refractivity contribution < 1.29 is 9.53 Å². The van der Waals surface area contributed by atoms with E-state index in [9.17, 15) is 4.79 Å². The van der Waals surface area contributed by atoms with Crippen molar-refractivity contribution in [3.05, 3.63) is 95.0 Å². The molecule has 0 saturated heterocycles. The van der Waals surface area contributed by atoms with Crippen LogP contribution < -0.4 is 10.2 Å². The third kappa shape index (κ3) is 6.76. The summed E-state index contributed by atoms with van der Waals surface area (Å²) in [6.07, 6.45) is 1.60. The van der Waals surface area contributed by atoms with Crippen molar-refractivity contribution in [1.82, 2.24) is 5.43 Å². The van der Waals surface area contributed by atoms with Gasteiger partial charge in [0.05, 0.1) is 12.0 Å². The molecule has 1 amide bonds. The van der Waals surface area contributed by atoms with Crippen LogP contribution in [-0.4, -0.2) is 17.9 Å². The van der Waals surface area contributed by atoms with Crippen LogP contribution in [0.2, 0.25) is 5.02 Å². The third-order valence-corrected chi connectivity index (χ3v) is 4.91. The minimum atomic E-state index is -0.146. The average molecular weight is 411 g/mol. The van der Waals surface area contributed by atoms with Gasteiger partial charge in [-0.3, -0.25) is 4.79 Å². The molecule has 0 unspecified atom stereocenters. The number of benzene rings is 3. The number of amides is 1. The normalized spacial score (nSPS) is 10.8. The van der Waals surface area contributed by atoms with E-state index in [-0.39, 0.29) is 5.91 Å². The summed E-state index contributed by atoms with van der Waals surface area (Å²) in [6.45, 7) is 0. The Labute approximate surface area is 173 Å². The number of rotatable bonds is 8. The van der Waals surface area contributed by atoms with E-state index in [2.05, 4.69) is 10.5 Å². The lowest BCUT2D eigenvalue weighted by Crippen LogP contribution is -2.19. The van der Waals surface area contributed by atoms with Crippen molar-refractivity contribution in [1.29, 1.82) is 0 Å². The molecule has 0 aliphatic carbocycles. The summed E-state index contributed by atoms with van der Waals surface area (Å²) in [7, 11) is 0. The van der Waals surface area contributed by atoms with E-state index >= 15 is 0 Å². The van der Waals surface area contributed by atoms with Gasteiger partial charge >= 0.3 is 0 Å². The second kappa shape index (κ2) is 10.5. The number of hydrogen-bond donors (Lipinski definition) is 1. The van der Waals surface area contributed by atoms with Crippen molar-refractivity contribution in [2.24, 2.45) is 5.10 Å². The Bertz CT molecular complexity index is 931. The molecule has 0 aliphatic heterocycles. The lowest BCUT2D eigenvalue weighted by Gasteiger charge is -2.05. The minimum Gasteiger partial charge on any atom is -0.457 e. The van der Waals surface area contributed by atoms with Gasteiger partial charge in [-0.15, -0.1) is 11.8 Å². The van der Waals surface area contributed by atoms with Gasteiger partial charge in [-0.25, -0.2) is 5.43 Å². The van der Waals surface area contributed by atoms with E-state index in [1.165, 1.54) is 11.8 Å². The highest BCUT2D eigenvalue weighted by molar-refractivity contribution is 7.99. The first kappa shape index (κ1) is 20.0. The predicted octanol–water partition coefficient (Wildman–Crippen LogP) is 5.52. The second-order valence-corrected chi connectivity index (χ2v) is 7.32. The zero-order chi connectivity index (χ0) is 19.6. The molecule has 3 aromatic carbocycles. The fourth-order valence-electron chi connectivity index (χ4n) is 2.34. The molecule has 28 heavy (non-hydrogen) atoms. The van der Waals surface area contributed by atoms with E-state index in [0.717, 1.165) is 22.6 Å². The third-order valence-electron chi connectivity index (χ3n) is 3.66. The molecule has 3 rings (SSSR count). The molecule has 4 nitrogen and oxygen atoms in total. The van der Waals surface area contributed by atoms with Crippen LogP contribution in [0.3, 0.4) is 0 Å². The molecule has 0 aliphatic rings. The van der Waals surface area contributed by atoms with E-state index in [1.54, 1.807) is 6.21 Å². The van der Waals surface area contributed by atoms with E-state index in [1.807, 2.05) is 78.9 Å². The van der Waals surface area contributed by atoms with Crippen LogP contribution in [-0.2, 0) is 10.5 Å². The van der Waals surface area contributed by atoms with Gasteiger partial charge in [0.15, 0.2) is 0 Å². The predicted molar refractivity (Wildman–Crippen MR) is 116 cm³/mol. The molecule has 0 heterocycles. The zero-order valence-corrected chi connectivity index (χ0v) is 16.6. The van der Waals surface area contributed by atoms with Crippen LogP contribution in [0.25, 0.3) is 0 Å². The molecule has 0 saturated carbocycles. The molecule has 6 heteroatoms. The monoisotopic (exact) mass is 410 g/mol. The molecule has 0 fully saturated rings. The molecule has 0 bridgehead atoms. The van der Waals surface area contributed by atoms with Crippen LogP contribution in [0.15, 0.2) is 84.0 Å². The minimum absolute atomic E-state index is 0.146. The second-order valence-electron chi connectivity index (χ2n) is 5.90. The highest BCUT2D eigenvalue weighted by Gasteiger charge is 2.01. The fourth-order valence-corrected chi connectivity index (χ4v) is 3.24. The first-order valence-corrected chi connectivity index (χ1v) is 10.2. The number of carbonyl (C=O) groups excluding carboxylic acids is 1. The Morgan fingerprint density at radius 3 is 2.54 bits per heavy atom. The number of nitrogens with one attached hydrogen (secondary N) is 1. The first-order valence-electron chi connectivity index (χ1n) is 8.66. The summed E-state index contributed by atoms with van der Waals surface area (Å²) < 4.78 is 5.79. The molecule has 1 N–H and O–H groups in total. The van der Waals surface area contributed by atoms with Crippen molar-refractivity contribution >= 4 is 35.5 Å². The van der Waals surface area contributed by atoms with Crippen LogP contribution in [0.1, 0.15) is 11.1 Å². The molecule has 0 radical (unpaired) electrons. The van der Waals surface area contributed by atoms with Crippen molar-refractivity contribution in [2.75, 3.05) is 5.75 Å². The average Bonchev–Trinajstić information content (AvgIpc) is 2.71. The Morgan fingerprint density at radius 1 is 1.00 bits per heavy atom. The Morgan fingerprint density at radius 2 is 1.75 bits per heavy atom. The standard InChI is InChI=1S/C22H19ClN2O2S/c23-19-11-9-17(10-12-19)15-28-16-22(26)25-24-14-18-5-4-8-21(13-18)27-20-6-2-1-3-7-20/h1-14H,15-16H2,(H,25,26). The number of thioether (sulfide) groups is 1. The summed E-state index contributed by atoms with van der Waals surface area (Å²) >= 11 is 7.38. The number of hydrazone groups is 1. The summed E-state index contributed by atoms with van der Waals surface area (Å²) in [5, 5.41) is 4.72. The van der Waals surface area contributed by atoms with Crippen molar-refractivity contribution in [2.45, 2.75) is 5.75 Å². The van der Waals surface area contributed by atoms with Crippen LogP contribution in [0.4, 0.5) is 0 Å². The highest BCUT2D eigenvalue weighted by Crippen LogP contribution is 2.21. The van der Waals surface area contributed by atoms with Gasteiger partial charge in [0.1, 0.15) is 11.5 Å². The Hall–Kier alpha value is -2.76. The Kier molecular flexibility index (Phi) is 7.53. The van der Waals surface area contributed by atoms with E-state index < -0.39 is 0 Å². The summed E-state index contributed by atoms with van der Waals surface area (Å²) in [5.74, 6) is 2.40. The maximum atomic E-state index is 11.9. The molecule has 0 atom stereocenters. The molecule has 0 spiro atoms. The van der Waals surface area contributed by atoms with Gasteiger partial charge in [0.2, 0.25) is 5.91 Å². The summed E-state index contributed by atoms with van der Waals surface area (Å²) in [5.41, 5.74) is 4.50. The SMILES string of the molecule is O=C(CSCc1ccc(Cl)cc1)NN=Cc1cccc(Oc2ccccc2)c1. The van der Waals surface area contributed by atoms with Gasteiger partial charge in [0.25, 0.3) is 0 Å². The van der Waals surface area contributed by atoms with Gasteiger partial charge in [-0.2, -0.15) is 5.10 Å². The molecule has 0 aromatic heterocycles. The van der Waals surface area contributed by atoms with Crippen molar-refractivity contribution in [3.63, 3.8) is 0 Å². The van der Waals surface area contributed by atoms with E-state index in [0.29, 0.717) is 16.5 Å². The number of halogens is 1. The number of nitrogens with zero attached hydrogens (tertiary/aromatic N) is 1. The highest BCUT2D eigenvalue weighted by atomic mass is 35.5. The van der Waals surface area contributed by atoms with Gasteiger partial charge in [-0.05, 0) is 47.5 Å². The molecular weight excluding hydrogens is 392 g/mol. The number of carbonyl (C=O) groups is 1. The number of hydrogen-bond acceptors (Lipinski definition) is 4. The lowest BCUT2D eigenvalue weighted by molar-refractivity contribution is -0.118. The summed E-state index contributed by atoms with van der Waals surface area (Å²) in [6, 6.07) is 24.7. The number of para-hydroxylation sites is 1. The zero-order valence-electron chi connectivity index (χ0n) is 15.0. The van der Waals surface area contributed by atoms with E-state index in [4.69, 9.17) is 16.3 Å². The first-order chi connectivity index (χ1) is 13.7. The Balaban J connectivity index is 1.44. The van der Waals surface area contributed by atoms with Gasteiger partial charge in [-0.1, -0.05) is 54.1 Å². The van der Waals surface area contributed by atoms with Crippen LogP contribution in [0.5, 0.6) is 11.5 Å². The van der Waals surface area contributed by atoms with Crippen molar-refractivity contribution in [3.8, 4) is 11.5 Å². The van der Waals surface area contributed by atoms with Crippen LogP contribution in [0, 0.1) is 0 Å². The molecular formula is C22H19ClN2O2S. The quantitative estimate of drug-likeness (QED) is 0.393. The fraction of sp³-hybridized carbons (Fsp3) is 0.0909. The largest absolute Gasteiger partial charge is 0.457 e. The molecule has 3 aromatic rings. The van der Waals surface area contributed by atoms with Gasteiger partial charge < -0.3 is 4.74 Å². The summed E-state index contributed by atoms with van der Waals surface area (Å²) in [4.78, 5) is 11.9. The van der Waals surface area contributed by atoms with Gasteiger partial charge in [0, 0.05) is 10.8 Å². The maximum Gasteiger partial charge on any atom is 0.250 e. The van der Waals surface area contributed by atoms with Crippen LogP contribution >= 0.6 is 23.4 Å². The topological polar surface area (TPSA) is 50.7 Å². The molecule has 142 valence electrons. The number of ether oxygens (including phenoxy) is 1.